The molecular formula is C26H28N2O3. The molecule has 0 N–H and O–H groups in total. The van der Waals surface area contributed by atoms with Crippen LogP contribution in [-0.4, -0.2) is 29.8 Å². The van der Waals surface area contributed by atoms with E-state index in [1.165, 1.54) is 0 Å². The van der Waals surface area contributed by atoms with Gasteiger partial charge in [0.1, 0.15) is 6.10 Å². The zero-order chi connectivity index (χ0) is 21.5. The van der Waals surface area contributed by atoms with Crippen LogP contribution in [-0.2, 0) is 20.7 Å². The first-order chi connectivity index (χ1) is 15.1. The standard InChI is InChI=1S/C26H28N2O3/c1-15-11-22-24(16(2)31-26(22)29)25-20(15)9-10-30-23(25)12-19-8-7-18(14-28-19)21-6-4-3-5-17(21)13-27/h3-8,14-16,20,22-25H,9-12H2,1-2H3/t15-,16+,20+,22+,23-,24+,25+/m0/s1. The number of pyridine rings is 1. The molecule has 1 aromatic heterocycles. The van der Waals surface area contributed by atoms with E-state index in [1.54, 1.807) is 0 Å². The van der Waals surface area contributed by atoms with Crippen LogP contribution in [0.1, 0.15) is 37.9 Å². The molecule has 0 unspecified atom stereocenters. The van der Waals surface area contributed by atoms with Gasteiger partial charge in [0.2, 0.25) is 0 Å². The number of nitriles is 1. The molecule has 3 heterocycles. The Bertz CT molecular complexity index is 1010. The van der Waals surface area contributed by atoms with Gasteiger partial charge in [-0.3, -0.25) is 9.78 Å². The SMILES string of the molecule is C[C@H]1C[C@H]2C(=O)O[C@H](C)[C@H]2[C@@H]2[C@@H]1CCO[C@H]2Cc1ccc(-c2ccccc2C#N)cn1. The fraction of sp³-hybridized carbons (Fsp3) is 0.500. The first-order valence-electron chi connectivity index (χ1n) is 11.3. The van der Waals surface area contributed by atoms with Crippen molar-refractivity contribution in [3.63, 3.8) is 0 Å². The molecule has 2 aliphatic heterocycles. The van der Waals surface area contributed by atoms with Gasteiger partial charge in [-0.05, 0) is 49.7 Å². The van der Waals surface area contributed by atoms with Crippen molar-refractivity contribution >= 4 is 5.97 Å². The number of esters is 1. The Balaban J connectivity index is 1.39. The minimum absolute atomic E-state index is 0.00766. The fourth-order valence-corrected chi connectivity index (χ4v) is 6.31. The molecule has 3 aliphatic rings. The van der Waals surface area contributed by atoms with E-state index in [9.17, 15) is 10.1 Å². The molecule has 0 bridgehead atoms. The van der Waals surface area contributed by atoms with E-state index in [1.807, 2.05) is 49.5 Å². The van der Waals surface area contributed by atoms with Gasteiger partial charge >= 0.3 is 5.97 Å². The third-order valence-electron chi connectivity index (χ3n) is 7.71. The maximum absolute atomic E-state index is 12.4. The van der Waals surface area contributed by atoms with Gasteiger partial charge in [-0.2, -0.15) is 5.26 Å². The van der Waals surface area contributed by atoms with Crippen LogP contribution in [0.2, 0.25) is 0 Å². The van der Waals surface area contributed by atoms with Crippen molar-refractivity contribution in [1.82, 2.24) is 4.98 Å². The van der Waals surface area contributed by atoms with Gasteiger partial charge in [-0.1, -0.05) is 31.2 Å². The van der Waals surface area contributed by atoms with E-state index >= 15 is 0 Å². The molecule has 7 atom stereocenters. The van der Waals surface area contributed by atoms with Crippen molar-refractivity contribution in [3.8, 4) is 17.2 Å². The number of hydrogen-bond donors (Lipinski definition) is 0. The molecule has 3 fully saturated rings. The molecule has 2 aromatic rings. The number of ether oxygens (including phenoxy) is 2. The summed E-state index contributed by atoms with van der Waals surface area (Å²) in [6.45, 7) is 5.09. The van der Waals surface area contributed by atoms with Crippen LogP contribution >= 0.6 is 0 Å². The summed E-state index contributed by atoms with van der Waals surface area (Å²) < 4.78 is 11.9. The van der Waals surface area contributed by atoms with Crippen LogP contribution in [0.3, 0.4) is 0 Å². The molecule has 31 heavy (non-hydrogen) atoms. The highest BCUT2D eigenvalue weighted by atomic mass is 16.6. The molecule has 1 saturated carbocycles. The smallest absolute Gasteiger partial charge is 0.309 e. The number of benzene rings is 1. The summed E-state index contributed by atoms with van der Waals surface area (Å²) in [5, 5.41) is 9.38. The summed E-state index contributed by atoms with van der Waals surface area (Å²) in [6, 6.07) is 13.9. The van der Waals surface area contributed by atoms with Crippen LogP contribution in [0.25, 0.3) is 11.1 Å². The molecule has 1 aromatic carbocycles. The van der Waals surface area contributed by atoms with E-state index in [2.05, 4.69) is 13.0 Å². The van der Waals surface area contributed by atoms with E-state index in [4.69, 9.17) is 14.5 Å². The Kier molecular flexibility index (Phi) is 5.27. The van der Waals surface area contributed by atoms with Crippen molar-refractivity contribution in [2.45, 2.75) is 45.3 Å². The molecule has 5 nitrogen and oxygen atoms in total. The molecule has 5 heteroatoms. The summed E-state index contributed by atoms with van der Waals surface area (Å²) in [4.78, 5) is 17.1. The van der Waals surface area contributed by atoms with Crippen molar-refractivity contribution in [2.75, 3.05) is 6.61 Å². The number of carbonyl (C=O) groups excluding carboxylic acids is 1. The third-order valence-corrected chi connectivity index (χ3v) is 7.71. The lowest BCUT2D eigenvalue weighted by molar-refractivity contribution is -0.145. The van der Waals surface area contributed by atoms with Gasteiger partial charge in [0.15, 0.2) is 0 Å². The third kappa shape index (κ3) is 3.53. The Morgan fingerprint density at radius 3 is 2.77 bits per heavy atom. The molecule has 1 aliphatic carbocycles. The molecule has 5 rings (SSSR count). The summed E-state index contributed by atoms with van der Waals surface area (Å²) in [7, 11) is 0. The van der Waals surface area contributed by atoms with Crippen LogP contribution in [0, 0.1) is 40.9 Å². The van der Waals surface area contributed by atoms with E-state index < -0.39 is 0 Å². The molecule has 0 amide bonds. The minimum atomic E-state index is -0.0421. The maximum Gasteiger partial charge on any atom is 0.309 e. The number of fused-ring (bicyclic) bond motifs is 3. The normalized spacial score (nSPS) is 34.4. The van der Waals surface area contributed by atoms with Gasteiger partial charge in [-0.25, -0.2) is 0 Å². The number of carbonyl (C=O) groups is 1. The Morgan fingerprint density at radius 2 is 2.00 bits per heavy atom. The second-order valence-corrected chi connectivity index (χ2v) is 9.38. The predicted octanol–water partition coefficient (Wildman–Crippen LogP) is 4.40. The Labute approximate surface area is 183 Å². The van der Waals surface area contributed by atoms with Gasteiger partial charge in [0, 0.05) is 42.0 Å². The van der Waals surface area contributed by atoms with Crippen molar-refractivity contribution in [1.29, 1.82) is 5.26 Å². The van der Waals surface area contributed by atoms with E-state index in [0.29, 0.717) is 23.3 Å². The van der Waals surface area contributed by atoms with Gasteiger partial charge < -0.3 is 9.47 Å². The zero-order valence-corrected chi connectivity index (χ0v) is 18.0. The second kappa shape index (κ2) is 8.09. The number of rotatable bonds is 3. The maximum atomic E-state index is 12.4. The van der Waals surface area contributed by atoms with Crippen LogP contribution in [0.4, 0.5) is 0 Å². The fourth-order valence-electron chi connectivity index (χ4n) is 6.31. The lowest BCUT2D eigenvalue weighted by Crippen LogP contribution is -2.51. The number of cyclic esters (lactones) is 1. The molecule has 2 saturated heterocycles. The highest BCUT2D eigenvalue weighted by Gasteiger charge is 2.56. The van der Waals surface area contributed by atoms with Gasteiger partial charge in [-0.15, -0.1) is 0 Å². The number of nitrogens with zero attached hydrogens (tertiary/aromatic N) is 2. The Morgan fingerprint density at radius 1 is 1.16 bits per heavy atom. The van der Waals surface area contributed by atoms with Gasteiger partial charge in [0.25, 0.3) is 0 Å². The first kappa shape index (κ1) is 20.2. The first-order valence-corrected chi connectivity index (χ1v) is 11.3. The summed E-state index contributed by atoms with van der Waals surface area (Å²) in [5.41, 5.74) is 3.48. The van der Waals surface area contributed by atoms with E-state index in [-0.39, 0.29) is 30.0 Å². The Hall–Kier alpha value is -2.71. The van der Waals surface area contributed by atoms with Crippen LogP contribution in [0.15, 0.2) is 42.6 Å². The highest BCUT2D eigenvalue weighted by Crippen LogP contribution is 2.53. The average Bonchev–Trinajstić information content (AvgIpc) is 3.07. The average molecular weight is 417 g/mol. The van der Waals surface area contributed by atoms with Crippen molar-refractivity contribution < 1.29 is 14.3 Å². The number of hydrogen-bond acceptors (Lipinski definition) is 5. The zero-order valence-electron chi connectivity index (χ0n) is 18.0. The van der Waals surface area contributed by atoms with Gasteiger partial charge in [0.05, 0.1) is 23.7 Å². The topological polar surface area (TPSA) is 72.2 Å². The lowest BCUT2D eigenvalue weighted by atomic mass is 9.58. The predicted molar refractivity (Wildman–Crippen MR) is 116 cm³/mol. The molecular weight excluding hydrogens is 388 g/mol. The summed E-state index contributed by atoms with van der Waals surface area (Å²) in [5.74, 6) is 1.62. The summed E-state index contributed by atoms with van der Waals surface area (Å²) >= 11 is 0. The van der Waals surface area contributed by atoms with E-state index in [0.717, 1.165) is 42.7 Å². The quantitative estimate of drug-likeness (QED) is 0.694. The molecule has 160 valence electrons. The lowest BCUT2D eigenvalue weighted by Gasteiger charge is -2.49. The minimum Gasteiger partial charge on any atom is -0.462 e. The van der Waals surface area contributed by atoms with Crippen molar-refractivity contribution in [2.24, 2.45) is 29.6 Å². The van der Waals surface area contributed by atoms with Crippen LogP contribution < -0.4 is 0 Å². The summed E-state index contributed by atoms with van der Waals surface area (Å²) in [6.07, 6.45) is 4.59. The monoisotopic (exact) mass is 416 g/mol. The molecule has 0 radical (unpaired) electrons. The van der Waals surface area contributed by atoms with Crippen LogP contribution in [0.5, 0.6) is 0 Å². The largest absolute Gasteiger partial charge is 0.462 e. The van der Waals surface area contributed by atoms with Crippen molar-refractivity contribution in [3.05, 3.63) is 53.9 Å². The highest BCUT2D eigenvalue weighted by molar-refractivity contribution is 5.75. The molecule has 0 spiro atoms. The number of aromatic nitrogens is 1. The second-order valence-electron chi connectivity index (χ2n) is 9.38.